The minimum Gasteiger partial charge on any atom is -0.321 e. The van der Waals surface area contributed by atoms with Crippen LogP contribution in [0.4, 0.5) is 5.69 Å². The maximum Gasteiger partial charge on any atom is 0.256 e. The molecule has 98 valence electrons. The third-order valence-electron chi connectivity index (χ3n) is 3.08. The summed E-state index contributed by atoms with van der Waals surface area (Å²) in [4.78, 5) is 12.4. The summed E-state index contributed by atoms with van der Waals surface area (Å²) in [5.41, 5.74) is 4.66. The van der Waals surface area contributed by atoms with Gasteiger partial charge in [0.25, 0.3) is 5.91 Å². The van der Waals surface area contributed by atoms with E-state index in [2.05, 4.69) is 21.2 Å². The van der Waals surface area contributed by atoms with E-state index in [9.17, 15) is 4.79 Å². The van der Waals surface area contributed by atoms with Crippen LogP contribution in [0, 0.1) is 20.8 Å². The summed E-state index contributed by atoms with van der Waals surface area (Å²) < 4.78 is 0.895. The Morgan fingerprint density at radius 1 is 1.05 bits per heavy atom. The van der Waals surface area contributed by atoms with Gasteiger partial charge in [0, 0.05) is 10.0 Å². The molecule has 1 N–H and O–H groups in total. The van der Waals surface area contributed by atoms with Crippen molar-refractivity contribution in [3.63, 3.8) is 0 Å². The first-order valence-corrected chi connectivity index (χ1v) is 6.92. The van der Waals surface area contributed by atoms with Gasteiger partial charge in [-0.2, -0.15) is 0 Å². The maximum absolute atomic E-state index is 12.4. The van der Waals surface area contributed by atoms with Crippen molar-refractivity contribution in [1.82, 2.24) is 0 Å². The van der Waals surface area contributed by atoms with Gasteiger partial charge in [-0.05, 0) is 65.5 Å². The van der Waals surface area contributed by atoms with E-state index in [4.69, 9.17) is 0 Å². The number of hydrogen-bond acceptors (Lipinski definition) is 1. The lowest BCUT2D eigenvalue weighted by atomic mass is 10.0. The molecule has 0 radical (unpaired) electrons. The Morgan fingerprint density at radius 2 is 1.68 bits per heavy atom. The first-order chi connectivity index (χ1) is 8.99. The molecule has 0 aromatic heterocycles. The molecule has 0 heterocycles. The number of halogens is 1. The lowest BCUT2D eigenvalue weighted by Crippen LogP contribution is -2.15. The van der Waals surface area contributed by atoms with E-state index in [1.54, 1.807) is 0 Å². The summed E-state index contributed by atoms with van der Waals surface area (Å²) in [6.07, 6.45) is 0. The molecule has 0 bridgehead atoms. The average molecular weight is 318 g/mol. The van der Waals surface area contributed by atoms with Gasteiger partial charge in [0.2, 0.25) is 0 Å². The zero-order chi connectivity index (χ0) is 14.0. The quantitative estimate of drug-likeness (QED) is 0.859. The number of carbonyl (C=O) groups is 1. The molecule has 2 rings (SSSR count). The van der Waals surface area contributed by atoms with Gasteiger partial charge < -0.3 is 5.32 Å². The van der Waals surface area contributed by atoms with E-state index in [1.165, 1.54) is 0 Å². The molecule has 0 fully saturated rings. The van der Waals surface area contributed by atoms with Crippen LogP contribution in [0.15, 0.2) is 40.9 Å². The molecule has 3 heteroatoms. The molecule has 2 aromatic rings. The van der Waals surface area contributed by atoms with E-state index in [0.717, 1.165) is 32.4 Å². The molecular weight excluding hydrogens is 302 g/mol. The number of rotatable bonds is 2. The maximum atomic E-state index is 12.4. The first-order valence-electron chi connectivity index (χ1n) is 6.13. The highest BCUT2D eigenvalue weighted by atomic mass is 79.9. The standard InChI is InChI=1S/C16H16BrNO/c1-10-7-8-14(13(17)9-10)18-16(19)15-11(2)5-4-6-12(15)3/h4-9H,1-3H3,(H,18,19). The Balaban J connectivity index is 2.31. The summed E-state index contributed by atoms with van der Waals surface area (Å²) in [6, 6.07) is 11.7. The molecule has 2 aromatic carbocycles. The van der Waals surface area contributed by atoms with E-state index in [0.29, 0.717) is 0 Å². The normalized spacial score (nSPS) is 10.3. The summed E-state index contributed by atoms with van der Waals surface area (Å²) in [5, 5.41) is 2.95. The molecule has 0 aliphatic carbocycles. The third kappa shape index (κ3) is 3.04. The van der Waals surface area contributed by atoms with Crippen LogP contribution in [0.3, 0.4) is 0 Å². The predicted octanol–water partition coefficient (Wildman–Crippen LogP) is 4.63. The lowest BCUT2D eigenvalue weighted by molar-refractivity contribution is 0.102. The molecule has 0 atom stereocenters. The zero-order valence-electron chi connectivity index (χ0n) is 11.3. The number of amides is 1. The third-order valence-corrected chi connectivity index (χ3v) is 3.74. The van der Waals surface area contributed by atoms with Crippen LogP contribution in [0.25, 0.3) is 0 Å². The van der Waals surface area contributed by atoms with Crippen molar-refractivity contribution in [2.24, 2.45) is 0 Å². The molecule has 0 aliphatic heterocycles. The highest BCUT2D eigenvalue weighted by Gasteiger charge is 2.13. The highest BCUT2D eigenvalue weighted by molar-refractivity contribution is 9.10. The summed E-state index contributed by atoms with van der Waals surface area (Å²) in [6.45, 7) is 5.92. The first kappa shape index (κ1) is 13.8. The van der Waals surface area contributed by atoms with E-state index < -0.39 is 0 Å². The minimum atomic E-state index is -0.0693. The van der Waals surface area contributed by atoms with Crippen LogP contribution in [-0.2, 0) is 0 Å². The van der Waals surface area contributed by atoms with Gasteiger partial charge in [-0.15, -0.1) is 0 Å². The fourth-order valence-corrected chi connectivity index (χ4v) is 2.67. The van der Waals surface area contributed by atoms with Crippen molar-refractivity contribution in [2.45, 2.75) is 20.8 Å². The van der Waals surface area contributed by atoms with Gasteiger partial charge in [0.1, 0.15) is 0 Å². The summed E-state index contributed by atoms with van der Waals surface area (Å²) in [7, 11) is 0. The number of benzene rings is 2. The second kappa shape index (κ2) is 5.57. The second-order valence-corrected chi connectivity index (χ2v) is 5.56. The van der Waals surface area contributed by atoms with E-state index in [-0.39, 0.29) is 5.91 Å². The van der Waals surface area contributed by atoms with Crippen molar-refractivity contribution < 1.29 is 4.79 Å². The number of hydrogen-bond donors (Lipinski definition) is 1. The van der Waals surface area contributed by atoms with Crippen LogP contribution in [0.1, 0.15) is 27.0 Å². The van der Waals surface area contributed by atoms with Crippen LogP contribution in [0.5, 0.6) is 0 Å². The largest absolute Gasteiger partial charge is 0.321 e. The van der Waals surface area contributed by atoms with Gasteiger partial charge in [-0.1, -0.05) is 24.3 Å². The van der Waals surface area contributed by atoms with Crippen LogP contribution >= 0.6 is 15.9 Å². The number of anilines is 1. The molecule has 1 amide bonds. The Labute approximate surface area is 122 Å². The second-order valence-electron chi connectivity index (χ2n) is 4.70. The average Bonchev–Trinajstić information content (AvgIpc) is 2.32. The summed E-state index contributed by atoms with van der Waals surface area (Å²) in [5.74, 6) is -0.0693. The zero-order valence-corrected chi connectivity index (χ0v) is 12.8. The highest BCUT2D eigenvalue weighted by Crippen LogP contribution is 2.24. The smallest absolute Gasteiger partial charge is 0.256 e. The Morgan fingerprint density at radius 3 is 2.26 bits per heavy atom. The van der Waals surface area contributed by atoms with Crippen LogP contribution in [0.2, 0.25) is 0 Å². The SMILES string of the molecule is Cc1ccc(NC(=O)c2c(C)cccc2C)c(Br)c1. The van der Waals surface area contributed by atoms with Crippen molar-refractivity contribution in [1.29, 1.82) is 0 Å². The van der Waals surface area contributed by atoms with Gasteiger partial charge in [0.15, 0.2) is 0 Å². The monoisotopic (exact) mass is 317 g/mol. The van der Waals surface area contributed by atoms with Gasteiger partial charge in [-0.25, -0.2) is 0 Å². The summed E-state index contributed by atoms with van der Waals surface area (Å²) >= 11 is 3.47. The Bertz CT molecular complexity index is 614. The molecule has 19 heavy (non-hydrogen) atoms. The lowest BCUT2D eigenvalue weighted by Gasteiger charge is -2.12. The molecule has 0 saturated heterocycles. The Kier molecular flexibility index (Phi) is 4.05. The van der Waals surface area contributed by atoms with Crippen LogP contribution < -0.4 is 5.32 Å². The number of nitrogens with one attached hydrogen (secondary N) is 1. The Hall–Kier alpha value is -1.61. The molecular formula is C16H16BrNO. The van der Waals surface area contributed by atoms with Gasteiger partial charge in [-0.3, -0.25) is 4.79 Å². The number of carbonyl (C=O) groups excluding carboxylic acids is 1. The molecule has 0 saturated carbocycles. The van der Waals surface area contributed by atoms with Crippen molar-refractivity contribution in [3.05, 3.63) is 63.1 Å². The topological polar surface area (TPSA) is 29.1 Å². The van der Waals surface area contributed by atoms with Crippen molar-refractivity contribution in [2.75, 3.05) is 5.32 Å². The molecule has 0 spiro atoms. The fraction of sp³-hybridized carbons (Fsp3) is 0.188. The predicted molar refractivity (Wildman–Crippen MR) is 82.7 cm³/mol. The fourth-order valence-electron chi connectivity index (χ4n) is 2.08. The van der Waals surface area contributed by atoms with Gasteiger partial charge >= 0.3 is 0 Å². The molecule has 0 unspecified atom stereocenters. The minimum absolute atomic E-state index is 0.0693. The molecule has 0 aliphatic rings. The van der Waals surface area contributed by atoms with E-state index in [1.807, 2.05) is 57.2 Å². The van der Waals surface area contributed by atoms with E-state index >= 15 is 0 Å². The number of aryl methyl sites for hydroxylation is 3. The van der Waals surface area contributed by atoms with Crippen molar-refractivity contribution >= 4 is 27.5 Å². The van der Waals surface area contributed by atoms with Crippen LogP contribution in [-0.4, -0.2) is 5.91 Å². The molecule has 2 nitrogen and oxygen atoms in total. The van der Waals surface area contributed by atoms with Gasteiger partial charge in [0.05, 0.1) is 5.69 Å². The van der Waals surface area contributed by atoms with Crippen molar-refractivity contribution in [3.8, 4) is 0 Å².